The lowest BCUT2D eigenvalue weighted by molar-refractivity contribution is 0.997. The van der Waals surface area contributed by atoms with E-state index in [0.717, 1.165) is 20.9 Å². The number of aromatic nitrogens is 3. The van der Waals surface area contributed by atoms with Gasteiger partial charge in [0.1, 0.15) is 10.7 Å². The summed E-state index contributed by atoms with van der Waals surface area (Å²) >= 11 is 3.21. The summed E-state index contributed by atoms with van der Waals surface area (Å²) in [5.41, 5.74) is 7.31. The fraction of sp³-hybridized carbons (Fsp3) is 0.182. The maximum atomic E-state index is 5.48. The molecule has 7 heteroatoms. The van der Waals surface area contributed by atoms with E-state index < -0.39 is 0 Å². The number of nitrogens with zero attached hydrogens (tertiary/aromatic N) is 3. The Hall–Kier alpha value is -1.57. The maximum absolute atomic E-state index is 5.48. The predicted octanol–water partition coefficient (Wildman–Crippen LogP) is 2.19. The molecule has 18 heavy (non-hydrogen) atoms. The van der Waals surface area contributed by atoms with Gasteiger partial charge in [-0.05, 0) is 11.4 Å². The van der Waals surface area contributed by atoms with E-state index in [4.69, 9.17) is 5.73 Å². The Morgan fingerprint density at radius 3 is 2.94 bits per heavy atom. The molecule has 0 fully saturated rings. The average molecular weight is 277 g/mol. The Bertz CT molecular complexity index is 647. The van der Waals surface area contributed by atoms with Gasteiger partial charge in [-0.1, -0.05) is 0 Å². The molecule has 0 amide bonds. The van der Waals surface area contributed by atoms with Gasteiger partial charge in [0.25, 0.3) is 0 Å². The molecule has 0 spiro atoms. The van der Waals surface area contributed by atoms with Crippen LogP contribution in [-0.4, -0.2) is 28.0 Å². The van der Waals surface area contributed by atoms with Crippen molar-refractivity contribution in [3.8, 4) is 10.7 Å². The Balaban J connectivity index is 2.12. The van der Waals surface area contributed by atoms with Gasteiger partial charge in [-0.25, -0.2) is 15.0 Å². The highest BCUT2D eigenvalue weighted by Gasteiger charge is 2.12. The highest BCUT2D eigenvalue weighted by atomic mass is 32.1. The maximum Gasteiger partial charge on any atom is 0.224 e. The summed E-state index contributed by atoms with van der Waals surface area (Å²) in [4.78, 5) is 13.3. The van der Waals surface area contributed by atoms with Crippen molar-refractivity contribution < 1.29 is 0 Å². The third-order valence-electron chi connectivity index (χ3n) is 2.37. The minimum Gasteiger partial charge on any atom is -0.353 e. The molecule has 0 aliphatic carbocycles. The highest BCUT2D eigenvalue weighted by molar-refractivity contribution is 7.18. The average Bonchev–Trinajstić information content (AvgIpc) is 3.05. The van der Waals surface area contributed by atoms with Crippen LogP contribution in [0.1, 0.15) is 0 Å². The van der Waals surface area contributed by atoms with Gasteiger partial charge in [0.15, 0.2) is 0 Å². The zero-order valence-corrected chi connectivity index (χ0v) is 11.1. The van der Waals surface area contributed by atoms with Gasteiger partial charge >= 0.3 is 0 Å². The van der Waals surface area contributed by atoms with E-state index in [1.165, 1.54) is 0 Å². The smallest absolute Gasteiger partial charge is 0.224 e. The molecule has 3 rings (SSSR count). The first-order chi connectivity index (χ1) is 8.88. The lowest BCUT2D eigenvalue weighted by atomic mass is 10.3. The SMILES string of the molecule is NCCNc1nc(-c2nccs2)c2sccc2n1. The second-order valence-electron chi connectivity index (χ2n) is 3.58. The van der Waals surface area contributed by atoms with Gasteiger partial charge in [0, 0.05) is 24.7 Å². The number of anilines is 1. The Labute approximate surface area is 112 Å². The summed E-state index contributed by atoms with van der Waals surface area (Å²) in [7, 11) is 0. The summed E-state index contributed by atoms with van der Waals surface area (Å²) in [5.74, 6) is 0.608. The van der Waals surface area contributed by atoms with Crippen molar-refractivity contribution in [2.24, 2.45) is 5.73 Å². The first kappa shape index (κ1) is 11.5. The second kappa shape index (κ2) is 4.97. The molecule has 92 valence electrons. The summed E-state index contributed by atoms with van der Waals surface area (Å²) in [6, 6.07) is 1.99. The van der Waals surface area contributed by atoms with Crippen LogP contribution >= 0.6 is 22.7 Å². The molecule has 0 bridgehead atoms. The summed E-state index contributed by atoms with van der Waals surface area (Å²) in [6.45, 7) is 1.21. The van der Waals surface area contributed by atoms with Crippen molar-refractivity contribution in [2.45, 2.75) is 0 Å². The number of hydrogen-bond acceptors (Lipinski definition) is 7. The van der Waals surface area contributed by atoms with E-state index in [0.29, 0.717) is 19.0 Å². The molecule has 3 heterocycles. The van der Waals surface area contributed by atoms with Gasteiger partial charge in [0.2, 0.25) is 5.95 Å². The molecule has 0 saturated heterocycles. The van der Waals surface area contributed by atoms with Crippen LogP contribution in [-0.2, 0) is 0 Å². The molecule has 3 aromatic heterocycles. The number of rotatable bonds is 4. The molecular formula is C11H11N5S2. The second-order valence-corrected chi connectivity index (χ2v) is 5.39. The van der Waals surface area contributed by atoms with Gasteiger partial charge in [-0.15, -0.1) is 22.7 Å². The molecule has 3 aromatic rings. The first-order valence-corrected chi connectivity index (χ1v) is 7.23. The molecule has 3 N–H and O–H groups in total. The van der Waals surface area contributed by atoms with Gasteiger partial charge < -0.3 is 11.1 Å². The molecular weight excluding hydrogens is 266 g/mol. The van der Waals surface area contributed by atoms with Crippen molar-refractivity contribution in [3.63, 3.8) is 0 Å². The lowest BCUT2D eigenvalue weighted by Gasteiger charge is -2.05. The third kappa shape index (κ3) is 2.07. The lowest BCUT2D eigenvalue weighted by Crippen LogP contribution is -2.14. The fourth-order valence-electron chi connectivity index (χ4n) is 1.61. The molecule has 0 aromatic carbocycles. The van der Waals surface area contributed by atoms with Crippen LogP contribution < -0.4 is 11.1 Å². The van der Waals surface area contributed by atoms with Crippen LogP contribution in [0.5, 0.6) is 0 Å². The van der Waals surface area contributed by atoms with Crippen LogP contribution in [0.25, 0.3) is 20.9 Å². The van der Waals surface area contributed by atoms with Crippen molar-refractivity contribution in [3.05, 3.63) is 23.0 Å². The van der Waals surface area contributed by atoms with Gasteiger partial charge in [-0.2, -0.15) is 0 Å². The predicted molar refractivity (Wildman–Crippen MR) is 76.1 cm³/mol. The minimum absolute atomic E-state index is 0.553. The van der Waals surface area contributed by atoms with E-state index in [1.54, 1.807) is 28.9 Å². The van der Waals surface area contributed by atoms with E-state index in [-0.39, 0.29) is 0 Å². The van der Waals surface area contributed by atoms with E-state index in [1.807, 2.05) is 16.8 Å². The van der Waals surface area contributed by atoms with Crippen molar-refractivity contribution in [1.29, 1.82) is 0 Å². The third-order valence-corrected chi connectivity index (χ3v) is 4.06. The largest absolute Gasteiger partial charge is 0.353 e. The van der Waals surface area contributed by atoms with Crippen molar-refractivity contribution in [2.75, 3.05) is 18.4 Å². The van der Waals surface area contributed by atoms with Crippen molar-refractivity contribution >= 4 is 38.8 Å². The molecule has 0 aliphatic heterocycles. The Morgan fingerprint density at radius 2 is 2.17 bits per heavy atom. The number of thiophene rings is 1. The summed E-state index contributed by atoms with van der Waals surface area (Å²) < 4.78 is 1.07. The van der Waals surface area contributed by atoms with Crippen molar-refractivity contribution in [1.82, 2.24) is 15.0 Å². The first-order valence-electron chi connectivity index (χ1n) is 5.47. The topological polar surface area (TPSA) is 76.7 Å². The van der Waals surface area contributed by atoms with Crippen LogP contribution in [0.15, 0.2) is 23.0 Å². The fourth-order valence-corrected chi connectivity index (χ4v) is 3.13. The molecule has 0 atom stereocenters. The number of thiazole rings is 1. The monoisotopic (exact) mass is 277 g/mol. The van der Waals surface area contributed by atoms with E-state index in [2.05, 4.69) is 20.3 Å². The molecule has 0 saturated carbocycles. The number of nitrogens with one attached hydrogen (secondary N) is 1. The normalized spacial score (nSPS) is 10.9. The van der Waals surface area contributed by atoms with Crippen LogP contribution in [0.3, 0.4) is 0 Å². The zero-order chi connectivity index (χ0) is 12.4. The molecule has 0 radical (unpaired) electrons. The molecule has 5 nitrogen and oxygen atoms in total. The Kier molecular flexibility index (Phi) is 3.18. The minimum atomic E-state index is 0.553. The van der Waals surface area contributed by atoms with Crippen LogP contribution in [0.2, 0.25) is 0 Å². The summed E-state index contributed by atoms with van der Waals surface area (Å²) in [5, 5.41) is 8.00. The summed E-state index contributed by atoms with van der Waals surface area (Å²) in [6.07, 6.45) is 1.79. The van der Waals surface area contributed by atoms with E-state index in [9.17, 15) is 0 Å². The van der Waals surface area contributed by atoms with Crippen LogP contribution in [0, 0.1) is 0 Å². The molecule has 0 unspecified atom stereocenters. The van der Waals surface area contributed by atoms with Gasteiger partial charge in [0.05, 0.1) is 10.2 Å². The highest BCUT2D eigenvalue weighted by Crippen LogP contribution is 2.31. The van der Waals surface area contributed by atoms with E-state index >= 15 is 0 Å². The standard InChI is InChI=1S/C11H11N5S2/c12-2-3-14-11-15-7-1-5-17-9(7)8(16-11)10-13-4-6-18-10/h1,4-6H,2-3,12H2,(H,14,15,16). The zero-order valence-electron chi connectivity index (χ0n) is 9.46. The number of nitrogens with two attached hydrogens (primary N) is 1. The Morgan fingerprint density at radius 1 is 1.22 bits per heavy atom. The van der Waals surface area contributed by atoms with Gasteiger partial charge in [-0.3, -0.25) is 0 Å². The van der Waals surface area contributed by atoms with Crippen LogP contribution in [0.4, 0.5) is 5.95 Å². The number of hydrogen-bond donors (Lipinski definition) is 2. The quantitative estimate of drug-likeness (QED) is 0.764. The molecule has 0 aliphatic rings. The number of fused-ring (bicyclic) bond motifs is 1.